The van der Waals surface area contributed by atoms with Gasteiger partial charge in [-0.2, -0.15) is 5.06 Å². The van der Waals surface area contributed by atoms with Gasteiger partial charge in [0.15, 0.2) is 0 Å². The molecule has 3 saturated heterocycles. The number of amides is 3. The van der Waals surface area contributed by atoms with Gasteiger partial charge in [-0.05, 0) is 50.8 Å². The van der Waals surface area contributed by atoms with E-state index in [1.807, 2.05) is 35.1 Å². The van der Waals surface area contributed by atoms with E-state index in [4.69, 9.17) is 4.84 Å². The topological polar surface area (TPSA) is 82.2 Å². The van der Waals surface area contributed by atoms with Crippen LogP contribution in [0.1, 0.15) is 37.7 Å². The summed E-state index contributed by atoms with van der Waals surface area (Å²) in [5.41, 5.74) is 1.00. The van der Waals surface area contributed by atoms with Gasteiger partial charge >= 0.3 is 6.03 Å². The molecule has 3 fully saturated rings. The lowest BCUT2D eigenvalue weighted by molar-refractivity contribution is -0.140. The van der Waals surface area contributed by atoms with Gasteiger partial charge in [0.25, 0.3) is 7.41 Å². The molecule has 0 saturated carbocycles. The quantitative estimate of drug-likeness (QED) is 0.538. The van der Waals surface area contributed by atoms with Gasteiger partial charge in [0.05, 0.1) is 12.2 Å². The molecule has 3 aliphatic heterocycles. The Bertz CT molecular complexity index is 765. The SMILES string of the molecule is O=C[B]N1CCC[C@@H](NC(=O)[C@@H]2CC[C@@H]3CN2C(=O)N3OCc2ccccc2)CC1. The minimum atomic E-state index is -0.444. The highest BCUT2D eigenvalue weighted by atomic mass is 16.7. The molecule has 2 bridgehead atoms. The highest BCUT2D eigenvalue weighted by molar-refractivity contribution is 6.64. The molecule has 9 heteroatoms. The first kappa shape index (κ1) is 20.9. The molecular formula is C21H28BN4O4. The molecule has 0 spiro atoms. The second-order valence-corrected chi connectivity index (χ2v) is 8.22. The fraction of sp³-hybridized carbons (Fsp3) is 0.571. The number of rotatable bonds is 7. The van der Waals surface area contributed by atoms with E-state index in [9.17, 15) is 14.4 Å². The third-order valence-electron chi connectivity index (χ3n) is 6.22. The van der Waals surface area contributed by atoms with Crippen molar-refractivity contribution in [3.8, 4) is 0 Å². The molecule has 0 unspecified atom stereocenters. The standard InChI is InChI=1S/C21H28BN4O4/c27-15-22-24-11-4-7-17(10-12-24)23-20(28)19-9-8-18-13-25(19)21(29)26(18)30-14-16-5-2-1-3-6-16/h1-3,5-6,15,17-19H,4,7-14H2,(H,23,28)/t17-,18-,19+/m1/s1. The maximum atomic E-state index is 13.0. The third kappa shape index (κ3) is 4.68. The Morgan fingerprint density at radius 2 is 2.00 bits per heavy atom. The summed E-state index contributed by atoms with van der Waals surface area (Å²) in [7, 11) is 1.57. The summed E-state index contributed by atoms with van der Waals surface area (Å²) in [6.07, 6.45) is 4.80. The summed E-state index contributed by atoms with van der Waals surface area (Å²) < 4.78 is 0. The zero-order chi connectivity index (χ0) is 20.9. The van der Waals surface area contributed by atoms with Crippen LogP contribution in [0.3, 0.4) is 0 Å². The average Bonchev–Trinajstić information content (AvgIpc) is 2.89. The summed E-state index contributed by atoms with van der Waals surface area (Å²) in [6.45, 7) is 2.44. The number of nitrogens with one attached hydrogen (secondary N) is 1. The van der Waals surface area contributed by atoms with Crippen LogP contribution in [0.2, 0.25) is 0 Å². The van der Waals surface area contributed by atoms with E-state index in [1.54, 1.807) is 12.3 Å². The first-order valence-electron chi connectivity index (χ1n) is 10.8. The monoisotopic (exact) mass is 411 g/mol. The normalized spacial score (nSPS) is 26.9. The van der Waals surface area contributed by atoms with E-state index in [0.29, 0.717) is 19.6 Å². The Labute approximate surface area is 177 Å². The Hall–Kier alpha value is -2.39. The van der Waals surface area contributed by atoms with Crippen molar-refractivity contribution in [3.05, 3.63) is 35.9 Å². The highest BCUT2D eigenvalue weighted by Crippen LogP contribution is 2.30. The number of carbonyl (C=O) groups is 3. The Balaban J connectivity index is 1.31. The number of urea groups is 1. The number of fused-ring (bicyclic) bond motifs is 2. The van der Waals surface area contributed by atoms with E-state index in [0.717, 1.165) is 50.5 Å². The molecule has 4 rings (SSSR count). The molecular weight excluding hydrogens is 383 g/mol. The van der Waals surface area contributed by atoms with Gasteiger partial charge in [-0.1, -0.05) is 30.3 Å². The van der Waals surface area contributed by atoms with Crippen LogP contribution in [0, 0.1) is 0 Å². The second kappa shape index (κ2) is 9.62. The van der Waals surface area contributed by atoms with Gasteiger partial charge in [0.2, 0.25) is 5.91 Å². The molecule has 3 amide bonds. The van der Waals surface area contributed by atoms with E-state index < -0.39 is 6.04 Å². The zero-order valence-corrected chi connectivity index (χ0v) is 17.1. The lowest BCUT2D eigenvalue weighted by Crippen LogP contribution is -2.52. The van der Waals surface area contributed by atoms with Crippen molar-refractivity contribution < 1.29 is 19.2 Å². The van der Waals surface area contributed by atoms with Crippen LogP contribution < -0.4 is 5.32 Å². The number of hydroxylamine groups is 2. The summed E-state index contributed by atoms with van der Waals surface area (Å²) in [5, 5.41) is 4.60. The van der Waals surface area contributed by atoms with Crippen LogP contribution in [0.5, 0.6) is 0 Å². The number of benzene rings is 1. The summed E-state index contributed by atoms with van der Waals surface area (Å²) >= 11 is 0. The first-order chi connectivity index (χ1) is 14.7. The maximum Gasteiger partial charge on any atom is 0.345 e. The van der Waals surface area contributed by atoms with E-state index in [2.05, 4.69) is 5.32 Å². The highest BCUT2D eigenvalue weighted by Gasteiger charge is 2.48. The maximum absolute atomic E-state index is 13.0. The van der Waals surface area contributed by atoms with Gasteiger partial charge in [0, 0.05) is 12.6 Å². The van der Waals surface area contributed by atoms with Crippen LogP contribution in [0.25, 0.3) is 0 Å². The van der Waals surface area contributed by atoms with Gasteiger partial charge in [0.1, 0.15) is 12.6 Å². The van der Waals surface area contributed by atoms with Crippen LogP contribution in [-0.2, 0) is 21.0 Å². The van der Waals surface area contributed by atoms with Crippen molar-refractivity contribution in [2.45, 2.75) is 56.8 Å². The van der Waals surface area contributed by atoms with Crippen molar-refractivity contribution in [2.24, 2.45) is 0 Å². The van der Waals surface area contributed by atoms with Crippen LogP contribution in [0.15, 0.2) is 30.3 Å². The number of carbonyl (C=O) groups excluding carboxylic acids is 3. The molecule has 3 heterocycles. The average molecular weight is 411 g/mol. The lowest BCUT2D eigenvalue weighted by atomic mass is 9.94. The second-order valence-electron chi connectivity index (χ2n) is 8.22. The van der Waals surface area contributed by atoms with Crippen molar-refractivity contribution in [2.75, 3.05) is 19.6 Å². The van der Waals surface area contributed by atoms with Crippen LogP contribution in [0.4, 0.5) is 4.79 Å². The Kier molecular flexibility index (Phi) is 6.69. The molecule has 1 radical (unpaired) electrons. The summed E-state index contributed by atoms with van der Waals surface area (Å²) in [5.74, 6) is -0.0791. The van der Waals surface area contributed by atoms with Gasteiger partial charge in [-0.25, -0.2) is 4.79 Å². The van der Waals surface area contributed by atoms with Gasteiger partial charge in [-0.3, -0.25) is 9.63 Å². The molecule has 30 heavy (non-hydrogen) atoms. The molecule has 3 atom stereocenters. The molecule has 159 valence electrons. The number of piperidine rings is 1. The zero-order valence-electron chi connectivity index (χ0n) is 17.1. The molecule has 1 aromatic carbocycles. The van der Waals surface area contributed by atoms with Crippen LogP contribution >= 0.6 is 0 Å². The molecule has 0 aliphatic carbocycles. The predicted octanol–water partition coefficient (Wildman–Crippen LogP) is 1.17. The fourth-order valence-corrected chi connectivity index (χ4v) is 4.58. The molecule has 8 nitrogen and oxygen atoms in total. The summed E-state index contributed by atoms with van der Waals surface area (Å²) in [4.78, 5) is 46.0. The Morgan fingerprint density at radius 3 is 2.80 bits per heavy atom. The first-order valence-corrected chi connectivity index (χ1v) is 10.8. The molecule has 0 aromatic heterocycles. The summed E-state index contributed by atoms with van der Waals surface area (Å²) in [6, 6.07) is 9.15. The molecule has 3 aliphatic rings. The van der Waals surface area contributed by atoms with E-state index in [1.165, 1.54) is 5.06 Å². The van der Waals surface area contributed by atoms with Crippen LogP contribution in [-0.4, -0.2) is 78.1 Å². The van der Waals surface area contributed by atoms with Gasteiger partial charge in [-0.15, -0.1) is 0 Å². The third-order valence-corrected chi connectivity index (χ3v) is 6.22. The van der Waals surface area contributed by atoms with E-state index >= 15 is 0 Å². The van der Waals surface area contributed by atoms with E-state index in [-0.39, 0.29) is 24.0 Å². The van der Waals surface area contributed by atoms with Crippen molar-refractivity contribution >= 4 is 25.5 Å². The smallest absolute Gasteiger partial charge is 0.345 e. The van der Waals surface area contributed by atoms with Crippen molar-refractivity contribution in [1.29, 1.82) is 0 Å². The number of nitrogens with zero attached hydrogens (tertiary/aromatic N) is 3. The predicted molar refractivity (Wildman–Crippen MR) is 112 cm³/mol. The van der Waals surface area contributed by atoms with Crippen molar-refractivity contribution in [3.63, 3.8) is 0 Å². The van der Waals surface area contributed by atoms with Gasteiger partial charge < -0.3 is 19.8 Å². The minimum absolute atomic E-state index is 0.00409. The number of hydrogen-bond acceptors (Lipinski definition) is 5. The lowest BCUT2D eigenvalue weighted by Gasteiger charge is -2.30. The fourth-order valence-electron chi connectivity index (χ4n) is 4.58. The molecule has 1 N–H and O–H groups in total. The van der Waals surface area contributed by atoms with Crippen molar-refractivity contribution in [1.82, 2.24) is 20.1 Å². The Morgan fingerprint density at radius 1 is 1.17 bits per heavy atom. The number of hydrogen-bond donors (Lipinski definition) is 1. The molecule has 1 aromatic rings. The minimum Gasteiger partial charge on any atom is -0.352 e. The largest absolute Gasteiger partial charge is 0.352 e.